The van der Waals surface area contributed by atoms with E-state index in [1.165, 1.54) is 0 Å². The Morgan fingerprint density at radius 1 is 1.80 bits per heavy atom. The fraction of sp³-hybridized carbons (Fsp3) is 1.00. The molecule has 0 aromatic heterocycles. The van der Waals surface area contributed by atoms with Crippen LogP contribution < -0.4 is 0 Å². The second-order valence-corrected chi connectivity index (χ2v) is 3.14. The number of thiol groups is 1. The van der Waals surface area contributed by atoms with Crippen LogP contribution in [0.5, 0.6) is 0 Å². The van der Waals surface area contributed by atoms with Crippen LogP contribution in [0.4, 0.5) is 0 Å². The van der Waals surface area contributed by atoms with Gasteiger partial charge in [0, 0.05) is 4.58 Å². The summed E-state index contributed by atoms with van der Waals surface area (Å²) in [4.78, 5) is 0. The van der Waals surface area contributed by atoms with Gasteiger partial charge in [0.25, 0.3) is 0 Å². The summed E-state index contributed by atoms with van der Waals surface area (Å²) in [5.74, 6) is 0. The van der Waals surface area contributed by atoms with Crippen molar-refractivity contribution < 1.29 is 0 Å². The zero-order valence-electron chi connectivity index (χ0n) is 3.43. The molecular weight excluding hydrogens is 100 g/mol. The maximum atomic E-state index is 4.06. The van der Waals surface area contributed by atoms with Crippen molar-refractivity contribution in [2.24, 2.45) is 0 Å². The molecule has 0 aliphatic carbocycles. The normalized spacial score (nSPS) is 15.0. The van der Waals surface area contributed by atoms with E-state index in [-0.39, 0.29) is 0 Å². The molecule has 0 N–H and O–H groups in total. The van der Waals surface area contributed by atoms with E-state index in [0.29, 0.717) is 4.58 Å². The van der Waals surface area contributed by atoms with Crippen LogP contribution in [0.25, 0.3) is 0 Å². The Morgan fingerprint density at radius 3 is 2.00 bits per heavy atom. The monoisotopic (exact) mass is 108 g/mol. The second kappa shape index (κ2) is 2.91. The van der Waals surface area contributed by atoms with Crippen LogP contribution in [0.1, 0.15) is 6.92 Å². The number of hydrogen-bond acceptors (Lipinski definition) is 2. The van der Waals surface area contributed by atoms with Gasteiger partial charge in [-0.3, -0.25) is 0 Å². The predicted molar refractivity (Wildman–Crippen MR) is 32.0 cm³/mol. The molecule has 0 heterocycles. The molecule has 0 aliphatic heterocycles. The maximum absolute atomic E-state index is 4.06. The summed E-state index contributed by atoms with van der Waals surface area (Å²) >= 11 is 5.80. The van der Waals surface area contributed by atoms with Crippen molar-refractivity contribution in [1.29, 1.82) is 0 Å². The molecule has 0 nitrogen and oxygen atoms in total. The lowest BCUT2D eigenvalue weighted by molar-refractivity contribution is 1.44. The minimum atomic E-state index is 0.495. The number of hydrogen-bond donors (Lipinski definition) is 1. The van der Waals surface area contributed by atoms with E-state index in [2.05, 4.69) is 12.6 Å². The molecule has 0 aromatic carbocycles. The lowest BCUT2D eigenvalue weighted by Gasteiger charge is -1.90. The SMILES string of the molecule is CS[C@@H](C)S. The smallest absolute Gasteiger partial charge is 0.0441 e. The molecule has 2 heteroatoms. The van der Waals surface area contributed by atoms with Crippen LogP contribution >= 0.6 is 24.4 Å². The molecule has 1 atom stereocenters. The predicted octanol–water partition coefficient (Wildman–Crippen LogP) is 1.63. The topological polar surface area (TPSA) is 0 Å². The summed E-state index contributed by atoms with van der Waals surface area (Å²) in [7, 11) is 0. The fourth-order valence-electron chi connectivity index (χ4n) is 0. The van der Waals surface area contributed by atoms with Crippen LogP contribution in [-0.2, 0) is 0 Å². The molecule has 0 bridgehead atoms. The zero-order chi connectivity index (χ0) is 4.28. The van der Waals surface area contributed by atoms with E-state index in [1.807, 2.05) is 13.2 Å². The molecule has 0 aromatic rings. The summed E-state index contributed by atoms with van der Waals surface area (Å²) in [5, 5.41) is 0. The van der Waals surface area contributed by atoms with Crippen molar-refractivity contribution in [3.8, 4) is 0 Å². The number of thioether (sulfide) groups is 1. The van der Waals surface area contributed by atoms with E-state index in [1.54, 1.807) is 11.8 Å². The minimum Gasteiger partial charge on any atom is -0.165 e. The molecule has 0 fully saturated rings. The number of rotatable bonds is 1. The quantitative estimate of drug-likeness (QED) is 0.393. The van der Waals surface area contributed by atoms with Crippen molar-refractivity contribution in [3.63, 3.8) is 0 Å². The molecule has 0 saturated heterocycles. The average molecular weight is 108 g/mol. The summed E-state index contributed by atoms with van der Waals surface area (Å²) in [6.45, 7) is 2.05. The van der Waals surface area contributed by atoms with Crippen molar-refractivity contribution >= 4 is 24.4 Å². The van der Waals surface area contributed by atoms with Crippen LogP contribution in [0.15, 0.2) is 0 Å². The molecule has 0 saturated carbocycles. The van der Waals surface area contributed by atoms with Crippen molar-refractivity contribution in [1.82, 2.24) is 0 Å². The van der Waals surface area contributed by atoms with E-state index in [4.69, 9.17) is 0 Å². The lowest BCUT2D eigenvalue weighted by Crippen LogP contribution is -1.73. The molecule has 0 spiro atoms. The maximum Gasteiger partial charge on any atom is 0.0441 e. The van der Waals surface area contributed by atoms with Gasteiger partial charge in [0.2, 0.25) is 0 Å². The van der Waals surface area contributed by atoms with Gasteiger partial charge in [-0.05, 0) is 13.2 Å². The first kappa shape index (κ1) is 5.70. The molecule has 5 heavy (non-hydrogen) atoms. The first-order chi connectivity index (χ1) is 2.27. The highest BCUT2D eigenvalue weighted by atomic mass is 32.2. The van der Waals surface area contributed by atoms with Gasteiger partial charge < -0.3 is 0 Å². The Kier molecular flexibility index (Phi) is 3.32. The van der Waals surface area contributed by atoms with Gasteiger partial charge in [-0.25, -0.2) is 0 Å². The average Bonchev–Trinajstić information content (AvgIpc) is 1.38. The van der Waals surface area contributed by atoms with E-state index in [9.17, 15) is 0 Å². The van der Waals surface area contributed by atoms with Gasteiger partial charge >= 0.3 is 0 Å². The Bertz CT molecular complexity index is 18.9. The highest BCUT2D eigenvalue weighted by molar-refractivity contribution is 8.09. The van der Waals surface area contributed by atoms with Crippen LogP contribution in [0.2, 0.25) is 0 Å². The van der Waals surface area contributed by atoms with Crippen molar-refractivity contribution in [3.05, 3.63) is 0 Å². The van der Waals surface area contributed by atoms with E-state index < -0.39 is 0 Å². The summed E-state index contributed by atoms with van der Waals surface area (Å²) in [5.41, 5.74) is 0. The van der Waals surface area contributed by atoms with Crippen LogP contribution in [0.3, 0.4) is 0 Å². The molecule has 0 amide bonds. The van der Waals surface area contributed by atoms with Gasteiger partial charge in [0.05, 0.1) is 0 Å². The lowest BCUT2D eigenvalue weighted by atomic mass is 11.0. The standard InChI is InChI=1S/C3H8S2/c1-3(4)5-2/h3-4H,1-2H3/t3-/m0/s1. The van der Waals surface area contributed by atoms with E-state index in [0.717, 1.165) is 0 Å². The van der Waals surface area contributed by atoms with Gasteiger partial charge in [0.1, 0.15) is 0 Å². The van der Waals surface area contributed by atoms with Crippen LogP contribution in [-0.4, -0.2) is 10.8 Å². The largest absolute Gasteiger partial charge is 0.165 e. The summed E-state index contributed by atoms with van der Waals surface area (Å²) < 4.78 is 0.495. The van der Waals surface area contributed by atoms with Gasteiger partial charge in [-0.2, -0.15) is 24.4 Å². The zero-order valence-corrected chi connectivity index (χ0v) is 5.14. The third-order valence-corrected chi connectivity index (χ3v) is 1.66. The van der Waals surface area contributed by atoms with Gasteiger partial charge in [-0.15, -0.1) is 0 Å². The molecule has 0 aliphatic rings. The highest BCUT2D eigenvalue weighted by Crippen LogP contribution is 2.06. The third-order valence-electron chi connectivity index (χ3n) is 0.341. The minimum absolute atomic E-state index is 0.495. The molecular formula is C3H8S2. The van der Waals surface area contributed by atoms with Crippen molar-refractivity contribution in [2.45, 2.75) is 11.5 Å². The van der Waals surface area contributed by atoms with E-state index >= 15 is 0 Å². The first-order valence-electron chi connectivity index (χ1n) is 1.48. The van der Waals surface area contributed by atoms with Crippen LogP contribution in [0, 0.1) is 0 Å². The Labute approximate surface area is 42.7 Å². The highest BCUT2D eigenvalue weighted by Gasteiger charge is 1.81. The second-order valence-electron chi connectivity index (χ2n) is 0.835. The third kappa shape index (κ3) is 4.70. The molecule has 0 unspecified atom stereocenters. The summed E-state index contributed by atoms with van der Waals surface area (Å²) in [6.07, 6.45) is 2.04. The summed E-state index contributed by atoms with van der Waals surface area (Å²) in [6, 6.07) is 0. The van der Waals surface area contributed by atoms with Gasteiger partial charge in [0.15, 0.2) is 0 Å². The Hall–Kier alpha value is 0.700. The van der Waals surface area contributed by atoms with Crippen molar-refractivity contribution in [2.75, 3.05) is 6.26 Å². The molecule has 0 radical (unpaired) electrons. The Balaban J connectivity index is 2.54. The molecule has 32 valence electrons. The fourth-order valence-corrected chi connectivity index (χ4v) is 0. The van der Waals surface area contributed by atoms with Gasteiger partial charge in [-0.1, -0.05) is 0 Å². The molecule has 0 rings (SSSR count). The first-order valence-corrected chi connectivity index (χ1v) is 3.28. The Morgan fingerprint density at radius 2 is 2.00 bits per heavy atom.